The van der Waals surface area contributed by atoms with Gasteiger partial charge >= 0.3 is 0 Å². The first kappa shape index (κ1) is 15.1. The molecule has 3 aromatic rings. The Morgan fingerprint density at radius 3 is 2.92 bits per heavy atom. The van der Waals surface area contributed by atoms with E-state index in [1.807, 2.05) is 37.5 Å². The molecule has 6 heteroatoms. The highest BCUT2D eigenvalue weighted by atomic mass is 16.5. The first-order valence-corrected chi connectivity index (χ1v) is 8.23. The van der Waals surface area contributed by atoms with Crippen molar-refractivity contribution >= 4 is 0 Å². The summed E-state index contributed by atoms with van der Waals surface area (Å²) >= 11 is 0. The summed E-state index contributed by atoms with van der Waals surface area (Å²) in [6, 6.07) is 10.3. The average Bonchev–Trinajstić information content (AvgIpc) is 3.25. The number of aryl methyl sites for hydroxylation is 1. The average molecular weight is 323 g/mol. The standard InChI is InChI=1S/C18H21N5O/c1-13-9-19-18(21-13)16-12-23(7-8-24-16)11-15-10-20-22-17(15)14-5-3-2-4-6-14/h2-6,9-10,16H,7-8,11-12H2,1H3,(H,19,21)(H,20,22)/t16-/m1/s1. The van der Waals surface area contributed by atoms with Crippen molar-refractivity contribution in [3.05, 3.63) is 59.8 Å². The van der Waals surface area contributed by atoms with E-state index in [1.54, 1.807) is 0 Å². The van der Waals surface area contributed by atoms with Crippen molar-refractivity contribution in [2.75, 3.05) is 19.7 Å². The molecule has 0 spiro atoms. The molecule has 6 nitrogen and oxygen atoms in total. The molecule has 0 unspecified atom stereocenters. The predicted octanol–water partition coefficient (Wildman–Crippen LogP) is 2.68. The molecule has 2 N–H and O–H groups in total. The number of aromatic nitrogens is 4. The molecule has 1 saturated heterocycles. The van der Waals surface area contributed by atoms with Crippen LogP contribution in [0.5, 0.6) is 0 Å². The number of rotatable bonds is 4. The molecular weight excluding hydrogens is 302 g/mol. The maximum Gasteiger partial charge on any atom is 0.136 e. The van der Waals surface area contributed by atoms with E-state index in [0.29, 0.717) is 6.61 Å². The van der Waals surface area contributed by atoms with Gasteiger partial charge in [-0.1, -0.05) is 30.3 Å². The quantitative estimate of drug-likeness (QED) is 0.774. The number of imidazole rings is 1. The molecule has 1 aliphatic rings. The summed E-state index contributed by atoms with van der Waals surface area (Å²) in [5, 5.41) is 7.37. The minimum absolute atomic E-state index is 0.000439. The summed E-state index contributed by atoms with van der Waals surface area (Å²) in [4.78, 5) is 10.1. The maximum atomic E-state index is 5.88. The van der Waals surface area contributed by atoms with Gasteiger partial charge < -0.3 is 9.72 Å². The van der Waals surface area contributed by atoms with Crippen LogP contribution in [0.2, 0.25) is 0 Å². The first-order valence-electron chi connectivity index (χ1n) is 8.23. The minimum Gasteiger partial charge on any atom is -0.368 e. The van der Waals surface area contributed by atoms with Gasteiger partial charge in [-0.3, -0.25) is 10.00 Å². The molecule has 0 radical (unpaired) electrons. The van der Waals surface area contributed by atoms with E-state index in [4.69, 9.17) is 4.74 Å². The van der Waals surface area contributed by atoms with Gasteiger partial charge in [-0.15, -0.1) is 0 Å². The van der Waals surface area contributed by atoms with Crippen molar-refractivity contribution < 1.29 is 4.74 Å². The molecule has 0 amide bonds. The zero-order valence-electron chi connectivity index (χ0n) is 13.7. The van der Waals surface area contributed by atoms with Crippen molar-refractivity contribution in [2.24, 2.45) is 0 Å². The van der Waals surface area contributed by atoms with Crippen LogP contribution in [0.15, 0.2) is 42.7 Å². The monoisotopic (exact) mass is 323 g/mol. The smallest absolute Gasteiger partial charge is 0.136 e. The number of nitrogens with zero attached hydrogens (tertiary/aromatic N) is 3. The summed E-state index contributed by atoms with van der Waals surface area (Å²) in [6.07, 6.45) is 3.77. The van der Waals surface area contributed by atoms with Crippen LogP contribution in [0.4, 0.5) is 0 Å². The number of nitrogens with one attached hydrogen (secondary N) is 2. The number of ether oxygens (including phenoxy) is 1. The van der Waals surface area contributed by atoms with Crippen LogP contribution in [0.25, 0.3) is 11.3 Å². The Labute approximate surface area is 140 Å². The van der Waals surface area contributed by atoms with Crippen molar-refractivity contribution in [3.63, 3.8) is 0 Å². The summed E-state index contributed by atoms with van der Waals surface area (Å²) in [7, 11) is 0. The Bertz CT molecular complexity index is 795. The molecule has 0 aliphatic carbocycles. The van der Waals surface area contributed by atoms with E-state index >= 15 is 0 Å². The van der Waals surface area contributed by atoms with Gasteiger partial charge in [0, 0.05) is 37.1 Å². The maximum absolute atomic E-state index is 5.88. The number of aromatic amines is 2. The zero-order chi connectivity index (χ0) is 16.4. The fraction of sp³-hybridized carbons (Fsp3) is 0.333. The highest BCUT2D eigenvalue weighted by Gasteiger charge is 2.25. The van der Waals surface area contributed by atoms with Gasteiger partial charge in [0.05, 0.1) is 18.5 Å². The van der Waals surface area contributed by atoms with Crippen LogP contribution in [-0.4, -0.2) is 44.8 Å². The van der Waals surface area contributed by atoms with Crippen LogP contribution < -0.4 is 0 Å². The number of hydrogen-bond acceptors (Lipinski definition) is 4. The van der Waals surface area contributed by atoms with Crippen LogP contribution in [0.1, 0.15) is 23.2 Å². The topological polar surface area (TPSA) is 69.8 Å². The fourth-order valence-electron chi connectivity index (χ4n) is 3.13. The third kappa shape index (κ3) is 3.11. The molecule has 1 aromatic carbocycles. The SMILES string of the molecule is Cc1cnc([C@H]2CN(Cc3cn[nH]c3-c3ccccc3)CCO2)[nH]1. The molecule has 1 aliphatic heterocycles. The molecule has 0 saturated carbocycles. The third-order valence-electron chi connectivity index (χ3n) is 4.35. The lowest BCUT2D eigenvalue weighted by Crippen LogP contribution is -2.38. The van der Waals surface area contributed by atoms with Gasteiger partial charge in [0.2, 0.25) is 0 Å². The third-order valence-corrected chi connectivity index (χ3v) is 4.35. The summed E-state index contributed by atoms with van der Waals surface area (Å²) in [5.74, 6) is 0.910. The van der Waals surface area contributed by atoms with E-state index in [2.05, 4.69) is 37.2 Å². The lowest BCUT2D eigenvalue weighted by Gasteiger charge is -2.31. The highest BCUT2D eigenvalue weighted by Crippen LogP contribution is 2.25. The van der Waals surface area contributed by atoms with Gasteiger partial charge in [0.25, 0.3) is 0 Å². The van der Waals surface area contributed by atoms with Gasteiger partial charge in [0.15, 0.2) is 0 Å². The van der Waals surface area contributed by atoms with Gasteiger partial charge in [0.1, 0.15) is 11.9 Å². The van der Waals surface area contributed by atoms with E-state index < -0.39 is 0 Å². The van der Waals surface area contributed by atoms with Crippen molar-refractivity contribution in [1.29, 1.82) is 0 Å². The van der Waals surface area contributed by atoms with Crippen LogP contribution in [-0.2, 0) is 11.3 Å². The van der Waals surface area contributed by atoms with Crippen LogP contribution in [0.3, 0.4) is 0 Å². The number of morpholine rings is 1. The highest BCUT2D eigenvalue weighted by molar-refractivity contribution is 5.62. The molecule has 0 bridgehead atoms. The Morgan fingerprint density at radius 1 is 1.25 bits per heavy atom. The Morgan fingerprint density at radius 2 is 2.12 bits per heavy atom. The number of hydrogen-bond donors (Lipinski definition) is 2. The molecule has 124 valence electrons. The second-order valence-electron chi connectivity index (χ2n) is 6.18. The minimum atomic E-state index is -0.000439. The van der Waals surface area contributed by atoms with E-state index in [1.165, 1.54) is 5.56 Å². The summed E-state index contributed by atoms with van der Waals surface area (Å²) < 4.78 is 5.88. The molecule has 1 atom stereocenters. The first-order chi connectivity index (χ1) is 11.8. The summed E-state index contributed by atoms with van der Waals surface area (Å²) in [5.41, 5.74) is 4.52. The predicted molar refractivity (Wildman–Crippen MR) is 91.3 cm³/mol. The van der Waals surface area contributed by atoms with Gasteiger partial charge in [-0.05, 0) is 12.5 Å². The second-order valence-corrected chi connectivity index (χ2v) is 6.18. The largest absolute Gasteiger partial charge is 0.368 e. The summed E-state index contributed by atoms with van der Waals surface area (Å²) in [6.45, 7) is 5.31. The van der Waals surface area contributed by atoms with Crippen molar-refractivity contribution in [1.82, 2.24) is 25.1 Å². The van der Waals surface area contributed by atoms with E-state index in [9.17, 15) is 0 Å². The molecule has 3 heterocycles. The second kappa shape index (κ2) is 6.59. The molecule has 1 fully saturated rings. The molecular formula is C18H21N5O. The molecule has 4 rings (SSSR count). The number of benzene rings is 1. The van der Waals surface area contributed by atoms with E-state index in [-0.39, 0.29) is 6.10 Å². The van der Waals surface area contributed by atoms with Gasteiger partial charge in [-0.25, -0.2) is 4.98 Å². The lowest BCUT2D eigenvalue weighted by molar-refractivity contribution is -0.0368. The van der Waals surface area contributed by atoms with Crippen molar-refractivity contribution in [2.45, 2.75) is 19.6 Å². The molecule has 2 aromatic heterocycles. The Hall–Kier alpha value is -2.44. The van der Waals surface area contributed by atoms with E-state index in [0.717, 1.165) is 42.4 Å². The van der Waals surface area contributed by atoms with Crippen LogP contribution in [0, 0.1) is 6.92 Å². The molecule has 24 heavy (non-hydrogen) atoms. The fourth-order valence-corrected chi connectivity index (χ4v) is 3.13. The zero-order valence-corrected chi connectivity index (χ0v) is 13.7. The van der Waals surface area contributed by atoms with Crippen LogP contribution >= 0.6 is 0 Å². The number of H-pyrrole nitrogens is 2. The lowest BCUT2D eigenvalue weighted by atomic mass is 10.1. The normalized spacial score (nSPS) is 18.8. The van der Waals surface area contributed by atoms with Crippen molar-refractivity contribution in [3.8, 4) is 11.3 Å². The van der Waals surface area contributed by atoms with Gasteiger partial charge in [-0.2, -0.15) is 5.10 Å². The Balaban J connectivity index is 1.49. The Kier molecular flexibility index (Phi) is 4.15.